The second kappa shape index (κ2) is 7.74. The molecule has 0 unspecified atom stereocenters. The second-order valence-electron chi connectivity index (χ2n) is 6.25. The molecule has 0 atom stereocenters. The zero-order chi connectivity index (χ0) is 17.6. The Labute approximate surface area is 145 Å². The average molecular weight is 339 g/mol. The normalized spacial score (nSPS) is 11.0. The molecule has 0 saturated carbocycles. The molecule has 3 rings (SSSR count). The third kappa shape index (κ3) is 4.53. The van der Waals surface area contributed by atoms with Crippen molar-refractivity contribution in [3.8, 4) is 11.4 Å². The molecule has 3 aromatic rings. The summed E-state index contributed by atoms with van der Waals surface area (Å²) >= 11 is 0. The maximum absolute atomic E-state index is 12.1. The molecule has 2 N–H and O–H groups in total. The van der Waals surface area contributed by atoms with Crippen molar-refractivity contribution in [3.05, 3.63) is 53.7 Å². The molecule has 1 amide bonds. The molecular formula is C18H21N5O2. The number of hydrogen-bond donors (Lipinski definition) is 2. The number of amides is 1. The van der Waals surface area contributed by atoms with Crippen LogP contribution in [0.1, 0.15) is 35.9 Å². The Morgan fingerprint density at radius 2 is 2.08 bits per heavy atom. The van der Waals surface area contributed by atoms with Gasteiger partial charge in [0.2, 0.25) is 0 Å². The van der Waals surface area contributed by atoms with E-state index in [0.29, 0.717) is 30.4 Å². The van der Waals surface area contributed by atoms with Crippen LogP contribution >= 0.6 is 0 Å². The van der Waals surface area contributed by atoms with Gasteiger partial charge in [-0.25, -0.2) is 4.98 Å². The average Bonchev–Trinajstić information content (AvgIpc) is 3.25. The summed E-state index contributed by atoms with van der Waals surface area (Å²) in [6.45, 7) is 4.61. The van der Waals surface area contributed by atoms with Crippen LogP contribution in [0.2, 0.25) is 0 Å². The summed E-state index contributed by atoms with van der Waals surface area (Å²) < 4.78 is 5.17. The first kappa shape index (κ1) is 16.9. The molecule has 0 fully saturated rings. The van der Waals surface area contributed by atoms with Crippen LogP contribution in [-0.2, 0) is 12.8 Å². The van der Waals surface area contributed by atoms with Crippen molar-refractivity contribution < 1.29 is 9.32 Å². The van der Waals surface area contributed by atoms with E-state index in [-0.39, 0.29) is 5.91 Å². The van der Waals surface area contributed by atoms with Gasteiger partial charge in [-0.1, -0.05) is 49.3 Å². The molecule has 0 spiro atoms. The molecular weight excluding hydrogens is 318 g/mol. The first-order valence-corrected chi connectivity index (χ1v) is 8.32. The highest BCUT2D eigenvalue weighted by molar-refractivity contribution is 5.92. The van der Waals surface area contributed by atoms with Crippen LogP contribution in [0.15, 0.2) is 40.9 Å². The molecule has 2 aromatic heterocycles. The quantitative estimate of drug-likeness (QED) is 0.690. The Hall–Kier alpha value is -2.96. The molecule has 130 valence electrons. The van der Waals surface area contributed by atoms with Crippen LogP contribution in [0, 0.1) is 5.92 Å². The summed E-state index contributed by atoms with van der Waals surface area (Å²) in [6, 6.07) is 11.4. The van der Waals surface area contributed by atoms with E-state index >= 15 is 0 Å². The fourth-order valence-electron chi connectivity index (χ4n) is 2.43. The molecule has 25 heavy (non-hydrogen) atoms. The van der Waals surface area contributed by atoms with Crippen molar-refractivity contribution in [3.63, 3.8) is 0 Å². The van der Waals surface area contributed by atoms with Gasteiger partial charge >= 0.3 is 0 Å². The third-order valence-corrected chi connectivity index (χ3v) is 3.61. The highest BCUT2D eigenvalue weighted by Gasteiger charge is 2.13. The molecule has 0 radical (unpaired) electrons. The van der Waals surface area contributed by atoms with Crippen molar-refractivity contribution >= 4 is 5.91 Å². The number of nitrogens with zero attached hydrogens (tertiary/aromatic N) is 3. The first-order valence-electron chi connectivity index (χ1n) is 8.32. The predicted octanol–water partition coefficient (Wildman–Crippen LogP) is 2.63. The van der Waals surface area contributed by atoms with E-state index in [4.69, 9.17) is 4.52 Å². The number of rotatable bonds is 7. The third-order valence-electron chi connectivity index (χ3n) is 3.61. The number of carbonyl (C=O) groups excluding carboxylic acids is 1. The van der Waals surface area contributed by atoms with Crippen LogP contribution in [0.3, 0.4) is 0 Å². The SMILES string of the molecule is CC(C)Cc1cc(C(=O)NCCc2nc(-c3ccccc3)n[nH]2)no1. The van der Waals surface area contributed by atoms with Crippen molar-refractivity contribution in [1.82, 2.24) is 25.7 Å². The zero-order valence-electron chi connectivity index (χ0n) is 14.3. The van der Waals surface area contributed by atoms with Crippen molar-refractivity contribution in [2.75, 3.05) is 6.54 Å². The van der Waals surface area contributed by atoms with Gasteiger partial charge in [0.05, 0.1) is 0 Å². The molecule has 0 aliphatic rings. The fourth-order valence-corrected chi connectivity index (χ4v) is 2.43. The summed E-state index contributed by atoms with van der Waals surface area (Å²) in [5, 5.41) is 13.7. The van der Waals surface area contributed by atoms with Gasteiger partial charge in [-0.2, -0.15) is 5.10 Å². The summed E-state index contributed by atoms with van der Waals surface area (Å²) in [5.41, 5.74) is 1.26. The Morgan fingerprint density at radius 1 is 1.28 bits per heavy atom. The van der Waals surface area contributed by atoms with E-state index in [9.17, 15) is 4.79 Å². The lowest BCUT2D eigenvalue weighted by Crippen LogP contribution is -2.26. The monoisotopic (exact) mass is 339 g/mol. The molecule has 0 aliphatic carbocycles. The molecule has 1 aromatic carbocycles. The van der Waals surface area contributed by atoms with E-state index < -0.39 is 0 Å². The van der Waals surface area contributed by atoms with E-state index in [1.807, 2.05) is 30.3 Å². The van der Waals surface area contributed by atoms with Crippen molar-refractivity contribution in [2.24, 2.45) is 5.92 Å². The van der Waals surface area contributed by atoms with E-state index in [2.05, 4.69) is 39.5 Å². The van der Waals surface area contributed by atoms with E-state index in [1.165, 1.54) is 0 Å². The summed E-state index contributed by atoms with van der Waals surface area (Å²) in [4.78, 5) is 16.5. The van der Waals surface area contributed by atoms with Gasteiger partial charge in [0.1, 0.15) is 11.6 Å². The maximum atomic E-state index is 12.1. The zero-order valence-corrected chi connectivity index (χ0v) is 14.3. The van der Waals surface area contributed by atoms with E-state index in [1.54, 1.807) is 6.07 Å². The van der Waals surface area contributed by atoms with Gasteiger partial charge in [0, 0.05) is 31.0 Å². The van der Waals surface area contributed by atoms with Crippen LogP contribution < -0.4 is 5.32 Å². The lowest BCUT2D eigenvalue weighted by molar-refractivity contribution is 0.0945. The van der Waals surface area contributed by atoms with Crippen LogP contribution in [0.4, 0.5) is 0 Å². The number of benzene rings is 1. The minimum atomic E-state index is -0.249. The number of carbonyl (C=O) groups is 1. The molecule has 7 nitrogen and oxygen atoms in total. The molecule has 0 aliphatic heterocycles. The second-order valence-corrected chi connectivity index (χ2v) is 6.25. The molecule has 0 saturated heterocycles. The maximum Gasteiger partial charge on any atom is 0.273 e. The standard InChI is InChI=1S/C18H21N5O2/c1-12(2)10-14-11-15(23-25-14)18(24)19-9-8-16-20-17(22-21-16)13-6-4-3-5-7-13/h3-7,11-12H,8-10H2,1-2H3,(H,19,24)(H,20,21,22). The van der Waals surface area contributed by atoms with Crippen LogP contribution in [0.5, 0.6) is 0 Å². The lowest BCUT2D eigenvalue weighted by Gasteiger charge is -2.00. The highest BCUT2D eigenvalue weighted by atomic mass is 16.5. The Kier molecular flexibility index (Phi) is 5.23. The summed E-state index contributed by atoms with van der Waals surface area (Å²) in [7, 11) is 0. The van der Waals surface area contributed by atoms with Gasteiger partial charge in [0.25, 0.3) is 5.91 Å². The smallest absolute Gasteiger partial charge is 0.273 e. The largest absolute Gasteiger partial charge is 0.361 e. The highest BCUT2D eigenvalue weighted by Crippen LogP contribution is 2.13. The van der Waals surface area contributed by atoms with Crippen molar-refractivity contribution in [2.45, 2.75) is 26.7 Å². The Morgan fingerprint density at radius 3 is 2.84 bits per heavy atom. The van der Waals surface area contributed by atoms with Gasteiger partial charge in [-0.15, -0.1) is 0 Å². The Bertz CT molecular complexity index is 823. The lowest BCUT2D eigenvalue weighted by atomic mass is 10.1. The van der Waals surface area contributed by atoms with Gasteiger partial charge in [0.15, 0.2) is 11.5 Å². The number of aromatic amines is 1. The van der Waals surface area contributed by atoms with Crippen LogP contribution in [-0.4, -0.2) is 32.8 Å². The summed E-state index contributed by atoms with van der Waals surface area (Å²) in [5.74, 6) is 2.30. The van der Waals surface area contributed by atoms with E-state index in [0.717, 1.165) is 23.6 Å². The molecule has 0 bridgehead atoms. The topological polar surface area (TPSA) is 96.7 Å². The Balaban J connectivity index is 1.50. The summed E-state index contributed by atoms with van der Waals surface area (Å²) in [6.07, 6.45) is 1.32. The van der Waals surface area contributed by atoms with Gasteiger partial charge < -0.3 is 9.84 Å². The number of hydrogen-bond acceptors (Lipinski definition) is 5. The molecule has 7 heteroatoms. The number of aromatic nitrogens is 4. The van der Waals surface area contributed by atoms with Crippen LogP contribution in [0.25, 0.3) is 11.4 Å². The predicted molar refractivity (Wildman–Crippen MR) is 92.9 cm³/mol. The fraction of sp³-hybridized carbons (Fsp3) is 0.333. The number of nitrogens with one attached hydrogen (secondary N) is 2. The minimum Gasteiger partial charge on any atom is -0.361 e. The molecule has 2 heterocycles. The van der Waals surface area contributed by atoms with Gasteiger partial charge in [-0.3, -0.25) is 9.89 Å². The minimum absolute atomic E-state index is 0.249. The van der Waals surface area contributed by atoms with Crippen molar-refractivity contribution in [1.29, 1.82) is 0 Å². The number of H-pyrrole nitrogens is 1. The first-order chi connectivity index (χ1) is 12.1. The van der Waals surface area contributed by atoms with Gasteiger partial charge in [-0.05, 0) is 5.92 Å².